The van der Waals surface area contributed by atoms with Crippen molar-refractivity contribution in [2.45, 2.75) is 19.6 Å². The lowest BCUT2D eigenvalue weighted by molar-refractivity contribution is 0.198. The van der Waals surface area contributed by atoms with Crippen molar-refractivity contribution in [3.63, 3.8) is 0 Å². The van der Waals surface area contributed by atoms with Crippen LogP contribution in [0.2, 0.25) is 0 Å². The van der Waals surface area contributed by atoms with Crippen LogP contribution < -0.4 is 9.47 Å². The SMILES string of the molecule is COc1cc(C(C)O)ccc1OCc1ccc(C#N)cc1. The van der Waals surface area contributed by atoms with Gasteiger partial charge in [0, 0.05) is 0 Å². The Kier molecular flexibility index (Phi) is 4.81. The first kappa shape index (κ1) is 14.9. The zero-order valence-corrected chi connectivity index (χ0v) is 12.0. The third-order valence-electron chi connectivity index (χ3n) is 3.15. The zero-order valence-electron chi connectivity index (χ0n) is 12.0. The normalized spacial score (nSPS) is 11.5. The summed E-state index contributed by atoms with van der Waals surface area (Å²) >= 11 is 0. The fourth-order valence-electron chi connectivity index (χ4n) is 1.90. The van der Waals surface area contributed by atoms with Crippen LogP contribution in [0, 0.1) is 11.3 Å². The number of ether oxygens (including phenoxy) is 2. The molecule has 0 amide bonds. The summed E-state index contributed by atoms with van der Waals surface area (Å²) in [5.41, 5.74) is 2.37. The Balaban J connectivity index is 2.10. The van der Waals surface area contributed by atoms with E-state index in [1.807, 2.05) is 12.1 Å². The van der Waals surface area contributed by atoms with Gasteiger partial charge < -0.3 is 14.6 Å². The minimum absolute atomic E-state index is 0.385. The Morgan fingerprint density at radius 3 is 2.43 bits per heavy atom. The van der Waals surface area contributed by atoms with Crippen LogP contribution in [-0.2, 0) is 6.61 Å². The van der Waals surface area contributed by atoms with Crippen molar-refractivity contribution in [2.24, 2.45) is 0 Å². The van der Waals surface area contributed by atoms with Gasteiger partial charge in [-0.25, -0.2) is 0 Å². The Morgan fingerprint density at radius 1 is 1.14 bits per heavy atom. The maximum Gasteiger partial charge on any atom is 0.161 e. The molecule has 2 aromatic rings. The van der Waals surface area contributed by atoms with E-state index < -0.39 is 6.10 Å². The van der Waals surface area contributed by atoms with Crippen molar-refractivity contribution in [1.29, 1.82) is 5.26 Å². The minimum atomic E-state index is -0.550. The third kappa shape index (κ3) is 3.74. The summed E-state index contributed by atoms with van der Waals surface area (Å²) in [6.07, 6.45) is -0.550. The molecular formula is C17H17NO3. The molecular weight excluding hydrogens is 266 g/mol. The number of nitriles is 1. The maximum absolute atomic E-state index is 9.57. The molecule has 0 aliphatic carbocycles. The summed E-state index contributed by atoms with van der Waals surface area (Å²) in [5, 5.41) is 18.3. The maximum atomic E-state index is 9.57. The van der Waals surface area contributed by atoms with Crippen molar-refractivity contribution in [1.82, 2.24) is 0 Å². The molecule has 4 nitrogen and oxygen atoms in total. The van der Waals surface area contributed by atoms with Gasteiger partial charge in [-0.1, -0.05) is 18.2 Å². The Bertz CT molecular complexity index is 642. The number of nitrogens with zero attached hydrogens (tertiary/aromatic N) is 1. The van der Waals surface area contributed by atoms with E-state index in [1.165, 1.54) is 0 Å². The lowest BCUT2D eigenvalue weighted by Crippen LogP contribution is -1.99. The summed E-state index contributed by atoms with van der Waals surface area (Å²) in [4.78, 5) is 0. The van der Waals surface area contributed by atoms with Crippen molar-refractivity contribution in [3.8, 4) is 17.6 Å². The van der Waals surface area contributed by atoms with Gasteiger partial charge in [0.1, 0.15) is 6.61 Å². The van der Waals surface area contributed by atoms with Gasteiger partial charge >= 0.3 is 0 Å². The molecule has 21 heavy (non-hydrogen) atoms. The molecule has 0 saturated carbocycles. The number of benzene rings is 2. The highest BCUT2D eigenvalue weighted by molar-refractivity contribution is 5.43. The Labute approximate surface area is 124 Å². The van der Waals surface area contributed by atoms with Crippen LogP contribution in [0.5, 0.6) is 11.5 Å². The van der Waals surface area contributed by atoms with Gasteiger partial charge in [-0.15, -0.1) is 0 Å². The fourth-order valence-corrected chi connectivity index (χ4v) is 1.90. The van der Waals surface area contributed by atoms with Crippen molar-refractivity contribution >= 4 is 0 Å². The average Bonchev–Trinajstić information content (AvgIpc) is 2.53. The number of aliphatic hydroxyl groups excluding tert-OH is 1. The van der Waals surface area contributed by atoms with E-state index in [1.54, 1.807) is 44.4 Å². The van der Waals surface area contributed by atoms with E-state index in [2.05, 4.69) is 6.07 Å². The van der Waals surface area contributed by atoms with Crippen LogP contribution in [-0.4, -0.2) is 12.2 Å². The van der Waals surface area contributed by atoms with Crippen LogP contribution in [0.15, 0.2) is 42.5 Å². The van der Waals surface area contributed by atoms with Gasteiger partial charge in [0.25, 0.3) is 0 Å². The van der Waals surface area contributed by atoms with Crippen molar-refractivity contribution in [3.05, 3.63) is 59.2 Å². The summed E-state index contributed by atoms with van der Waals surface area (Å²) in [6, 6.07) is 14.7. The molecule has 0 heterocycles. The molecule has 1 atom stereocenters. The third-order valence-corrected chi connectivity index (χ3v) is 3.15. The molecule has 2 aromatic carbocycles. The second-order valence-electron chi connectivity index (χ2n) is 4.68. The number of hydrogen-bond donors (Lipinski definition) is 1. The van der Waals surface area contributed by atoms with Crippen molar-refractivity contribution < 1.29 is 14.6 Å². The van der Waals surface area contributed by atoms with Gasteiger partial charge in [-0.05, 0) is 42.3 Å². The standard InChI is InChI=1S/C17H17NO3/c1-12(19)15-7-8-16(17(9-15)20-2)21-11-14-5-3-13(10-18)4-6-14/h3-9,12,19H,11H2,1-2H3. The number of rotatable bonds is 5. The monoisotopic (exact) mass is 283 g/mol. The minimum Gasteiger partial charge on any atom is -0.493 e. The number of aliphatic hydroxyl groups is 1. The van der Waals surface area contributed by atoms with Gasteiger partial charge in [-0.2, -0.15) is 5.26 Å². The predicted octanol–water partition coefficient (Wildman–Crippen LogP) is 3.20. The highest BCUT2D eigenvalue weighted by Gasteiger charge is 2.09. The second-order valence-corrected chi connectivity index (χ2v) is 4.68. The quantitative estimate of drug-likeness (QED) is 0.915. The molecule has 0 bridgehead atoms. The van der Waals surface area contributed by atoms with E-state index in [0.29, 0.717) is 23.7 Å². The van der Waals surface area contributed by atoms with Crippen LogP contribution in [0.4, 0.5) is 0 Å². The average molecular weight is 283 g/mol. The fraction of sp³-hybridized carbons (Fsp3) is 0.235. The Morgan fingerprint density at radius 2 is 1.86 bits per heavy atom. The molecule has 0 radical (unpaired) electrons. The molecule has 1 N–H and O–H groups in total. The van der Waals surface area contributed by atoms with Crippen LogP contribution >= 0.6 is 0 Å². The van der Waals surface area contributed by atoms with Gasteiger partial charge in [-0.3, -0.25) is 0 Å². The molecule has 108 valence electrons. The molecule has 0 aliphatic rings. The van der Waals surface area contributed by atoms with E-state index in [-0.39, 0.29) is 0 Å². The van der Waals surface area contributed by atoms with Gasteiger partial charge in [0.2, 0.25) is 0 Å². The summed E-state index contributed by atoms with van der Waals surface area (Å²) in [5.74, 6) is 1.20. The zero-order chi connectivity index (χ0) is 15.2. The topological polar surface area (TPSA) is 62.5 Å². The number of hydrogen-bond acceptors (Lipinski definition) is 4. The molecule has 0 saturated heterocycles. The highest BCUT2D eigenvalue weighted by Crippen LogP contribution is 2.30. The van der Waals surface area contributed by atoms with Crippen LogP contribution in [0.3, 0.4) is 0 Å². The predicted molar refractivity (Wildman–Crippen MR) is 79.1 cm³/mol. The van der Waals surface area contributed by atoms with Crippen LogP contribution in [0.25, 0.3) is 0 Å². The summed E-state index contributed by atoms with van der Waals surface area (Å²) in [7, 11) is 1.57. The summed E-state index contributed by atoms with van der Waals surface area (Å²) < 4.78 is 11.0. The molecule has 0 spiro atoms. The first-order chi connectivity index (χ1) is 10.1. The molecule has 0 aromatic heterocycles. The molecule has 4 heteroatoms. The largest absolute Gasteiger partial charge is 0.493 e. The smallest absolute Gasteiger partial charge is 0.161 e. The summed E-state index contributed by atoms with van der Waals surface area (Å²) in [6.45, 7) is 2.09. The highest BCUT2D eigenvalue weighted by atomic mass is 16.5. The van der Waals surface area contributed by atoms with E-state index in [0.717, 1.165) is 11.1 Å². The molecule has 1 unspecified atom stereocenters. The lowest BCUT2D eigenvalue weighted by Gasteiger charge is -2.13. The van der Waals surface area contributed by atoms with Crippen molar-refractivity contribution in [2.75, 3.05) is 7.11 Å². The lowest BCUT2D eigenvalue weighted by atomic mass is 10.1. The molecule has 0 fully saturated rings. The molecule has 0 aliphatic heterocycles. The van der Waals surface area contributed by atoms with E-state index in [4.69, 9.17) is 14.7 Å². The Hall–Kier alpha value is -2.51. The molecule has 2 rings (SSSR count). The van der Waals surface area contributed by atoms with E-state index >= 15 is 0 Å². The van der Waals surface area contributed by atoms with E-state index in [9.17, 15) is 5.11 Å². The second kappa shape index (κ2) is 6.78. The van der Waals surface area contributed by atoms with Gasteiger partial charge in [0.05, 0.1) is 24.8 Å². The van der Waals surface area contributed by atoms with Crippen LogP contribution in [0.1, 0.15) is 29.7 Å². The first-order valence-electron chi connectivity index (χ1n) is 6.62. The van der Waals surface area contributed by atoms with Gasteiger partial charge in [0.15, 0.2) is 11.5 Å². The number of methoxy groups -OCH3 is 1. The first-order valence-corrected chi connectivity index (χ1v) is 6.62.